The van der Waals surface area contributed by atoms with Gasteiger partial charge in [0.1, 0.15) is 0 Å². The fraction of sp³-hybridized carbons (Fsp3) is 0.562. The summed E-state index contributed by atoms with van der Waals surface area (Å²) < 4.78 is 5.08. The van der Waals surface area contributed by atoms with Crippen LogP contribution in [0.15, 0.2) is 18.2 Å². The van der Waals surface area contributed by atoms with Crippen molar-refractivity contribution in [3.05, 3.63) is 23.8 Å². The Balaban J connectivity index is 2.25. The van der Waals surface area contributed by atoms with Crippen molar-refractivity contribution in [2.24, 2.45) is 5.73 Å². The average Bonchev–Trinajstić information content (AvgIpc) is 2.53. The Labute approximate surface area is 125 Å². The Morgan fingerprint density at radius 2 is 2.10 bits per heavy atom. The molecule has 0 aromatic heterocycles. The van der Waals surface area contributed by atoms with E-state index in [0.717, 1.165) is 25.7 Å². The normalized spacial score (nSPS) is 15.7. The minimum absolute atomic E-state index is 0.0946. The summed E-state index contributed by atoms with van der Waals surface area (Å²) in [5.41, 5.74) is 5.95. The van der Waals surface area contributed by atoms with Gasteiger partial charge in [-0.3, -0.25) is 4.79 Å². The summed E-state index contributed by atoms with van der Waals surface area (Å²) in [6.45, 7) is 0.938. The molecule has 0 atom stereocenters. The fourth-order valence-electron chi connectivity index (χ4n) is 3.00. The highest BCUT2D eigenvalue weighted by Crippen LogP contribution is 2.32. The highest BCUT2D eigenvalue weighted by molar-refractivity contribution is 5.97. The zero-order chi connectivity index (χ0) is 15.2. The van der Waals surface area contributed by atoms with Crippen LogP contribution in [0.4, 0.5) is 0 Å². The van der Waals surface area contributed by atoms with Crippen LogP contribution in [0.3, 0.4) is 0 Å². The van der Waals surface area contributed by atoms with Gasteiger partial charge in [0.05, 0.1) is 12.7 Å². The molecule has 2 rings (SSSR count). The molecular weight excluding hydrogens is 268 g/mol. The molecule has 0 heterocycles. The van der Waals surface area contributed by atoms with Crippen molar-refractivity contribution in [1.82, 2.24) is 4.90 Å². The van der Waals surface area contributed by atoms with E-state index in [1.165, 1.54) is 13.5 Å². The van der Waals surface area contributed by atoms with Crippen LogP contribution in [-0.4, -0.2) is 42.2 Å². The zero-order valence-corrected chi connectivity index (χ0v) is 12.5. The summed E-state index contributed by atoms with van der Waals surface area (Å²) in [4.78, 5) is 14.6. The van der Waals surface area contributed by atoms with Gasteiger partial charge in [0.25, 0.3) is 5.91 Å². The molecule has 1 aromatic rings. The topological polar surface area (TPSA) is 75.8 Å². The predicted molar refractivity (Wildman–Crippen MR) is 81.6 cm³/mol. The van der Waals surface area contributed by atoms with Gasteiger partial charge in [0, 0.05) is 19.1 Å². The smallest absolute Gasteiger partial charge is 0.258 e. The first-order valence-electron chi connectivity index (χ1n) is 7.56. The van der Waals surface area contributed by atoms with Crippen molar-refractivity contribution < 1.29 is 14.6 Å². The van der Waals surface area contributed by atoms with Crippen LogP contribution in [0.1, 0.15) is 42.5 Å². The quantitative estimate of drug-likeness (QED) is 0.871. The molecule has 0 aliphatic heterocycles. The molecule has 0 radical (unpaired) electrons. The van der Waals surface area contributed by atoms with Crippen LogP contribution in [0.25, 0.3) is 0 Å². The van der Waals surface area contributed by atoms with Crippen molar-refractivity contribution in [2.45, 2.75) is 38.1 Å². The Morgan fingerprint density at radius 1 is 1.38 bits per heavy atom. The number of para-hydroxylation sites is 1. The monoisotopic (exact) mass is 292 g/mol. The van der Waals surface area contributed by atoms with Gasteiger partial charge in [0.15, 0.2) is 11.5 Å². The molecule has 0 bridgehead atoms. The Hall–Kier alpha value is -1.75. The molecule has 1 aromatic carbocycles. The summed E-state index contributed by atoms with van der Waals surface area (Å²) >= 11 is 0. The number of carbonyl (C=O) groups excluding carboxylic acids is 1. The Kier molecular flexibility index (Phi) is 5.44. The molecule has 1 amide bonds. The summed E-state index contributed by atoms with van der Waals surface area (Å²) in [7, 11) is 1.47. The van der Waals surface area contributed by atoms with Gasteiger partial charge in [-0.1, -0.05) is 25.3 Å². The number of methoxy groups -OCH3 is 1. The second-order valence-corrected chi connectivity index (χ2v) is 5.44. The molecule has 116 valence electrons. The van der Waals surface area contributed by atoms with E-state index in [-0.39, 0.29) is 23.3 Å². The minimum atomic E-state index is -0.163. The fourth-order valence-corrected chi connectivity index (χ4v) is 3.00. The van der Waals surface area contributed by atoms with Crippen molar-refractivity contribution in [3.63, 3.8) is 0 Å². The van der Waals surface area contributed by atoms with E-state index >= 15 is 0 Å². The van der Waals surface area contributed by atoms with Gasteiger partial charge in [-0.05, 0) is 25.0 Å². The van der Waals surface area contributed by atoms with E-state index in [1.807, 2.05) is 4.90 Å². The maximum Gasteiger partial charge on any atom is 0.258 e. The molecular formula is C16H24N2O3. The van der Waals surface area contributed by atoms with E-state index in [9.17, 15) is 9.90 Å². The standard InChI is InChI=1S/C16H24N2O3/c1-21-14-9-5-8-13(15(14)19)16(20)18(11-10-17)12-6-3-2-4-7-12/h5,8-9,12,19H,2-4,6-7,10-11,17H2,1H3. The lowest BCUT2D eigenvalue weighted by atomic mass is 9.93. The molecule has 0 spiro atoms. The van der Waals surface area contributed by atoms with E-state index < -0.39 is 0 Å². The number of nitrogens with zero attached hydrogens (tertiary/aromatic N) is 1. The third kappa shape index (κ3) is 3.47. The molecule has 3 N–H and O–H groups in total. The van der Waals surface area contributed by atoms with Gasteiger partial charge < -0.3 is 20.5 Å². The zero-order valence-electron chi connectivity index (χ0n) is 12.5. The van der Waals surface area contributed by atoms with Gasteiger partial charge in [-0.2, -0.15) is 0 Å². The third-order valence-corrected chi connectivity index (χ3v) is 4.10. The number of amides is 1. The number of hydrogen-bond donors (Lipinski definition) is 2. The van der Waals surface area contributed by atoms with Crippen molar-refractivity contribution >= 4 is 5.91 Å². The molecule has 5 heteroatoms. The first kappa shape index (κ1) is 15.6. The first-order valence-corrected chi connectivity index (χ1v) is 7.56. The van der Waals surface area contributed by atoms with Crippen LogP contribution in [0.5, 0.6) is 11.5 Å². The number of phenolic OH excluding ortho intramolecular Hbond substituents is 1. The number of benzene rings is 1. The van der Waals surface area contributed by atoms with E-state index in [0.29, 0.717) is 18.8 Å². The summed E-state index contributed by atoms with van der Waals surface area (Å²) in [5, 5.41) is 10.2. The van der Waals surface area contributed by atoms with E-state index in [1.54, 1.807) is 18.2 Å². The largest absolute Gasteiger partial charge is 0.504 e. The molecule has 1 aliphatic rings. The third-order valence-electron chi connectivity index (χ3n) is 4.10. The lowest BCUT2D eigenvalue weighted by Crippen LogP contribution is -2.44. The van der Waals surface area contributed by atoms with Crippen LogP contribution in [0, 0.1) is 0 Å². The molecule has 1 saturated carbocycles. The van der Waals surface area contributed by atoms with Crippen LogP contribution in [-0.2, 0) is 0 Å². The second-order valence-electron chi connectivity index (χ2n) is 5.44. The molecule has 5 nitrogen and oxygen atoms in total. The molecule has 0 saturated heterocycles. The summed E-state index contributed by atoms with van der Waals surface area (Å²) in [5.74, 6) is 0.0590. The van der Waals surface area contributed by atoms with E-state index in [2.05, 4.69) is 0 Å². The lowest BCUT2D eigenvalue weighted by molar-refractivity contribution is 0.0638. The number of aromatic hydroxyl groups is 1. The summed E-state index contributed by atoms with van der Waals surface area (Å²) in [6, 6.07) is 5.21. The van der Waals surface area contributed by atoms with Crippen molar-refractivity contribution in [3.8, 4) is 11.5 Å². The highest BCUT2D eigenvalue weighted by atomic mass is 16.5. The Morgan fingerprint density at radius 3 is 2.71 bits per heavy atom. The second kappa shape index (κ2) is 7.31. The van der Waals surface area contributed by atoms with Crippen molar-refractivity contribution in [1.29, 1.82) is 0 Å². The van der Waals surface area contributed by atoms with Crippen LogP contribution < -0.4 is 10.5 Å². The molecule has 1 fully saturated rings. The van der Waals surface area contributed by atoms with Gasteiger partial charge in [-0.25, -0.2) is 0 Å². The predicted octanol–water partition coefficient (Wildman–Crippen LogP) is 2.13. The minimum Gasteiger partial charge on any atom is -0.504 e. The number of nitrogens with two attached hydrogens (primary N) is 1. The Bertz CT molecular complexity index is 484. The lowest BCUT2D eigenvalue weighted by Gasteiger charge is -2.34. The number of ether oxygens (including phenoxy) is 1. The molecule has 1 aliphatic carbocycles. The SMILES string of the molecule is COc1cccc(C(=O)N(CCN)C2CCCCC2)c1O. The maximum absolute atomic E-state index is 12.8. The first-order chi connectivity index (χ1) is 10.2. The molecule has 0 unspecified atom stereocenters. The maximum atomic E-state index is 12.8. The van der Waals surface area contributed by atoms with Gasteiger partial charge >= 0.3 is 0 Å². The number of carbonyl (C=O) groups is 1. The van der Waals surface area contributed by atoms with Gasteiger partial charge in [0.2, 0.25) is 0 Å². The number of rotatable bonds is 5. The number of hydrogen-bond acceptors (Lipinski definition) is 4. The van der Waals surface area contributed by atoms with Crippen LogP contribution in [0.2, 0.25) is 0 Å². The summed E-state index contributed by atoms with van der Waals surface area (Å²) in [6.07, 6.45) is 5.53. The van der Waals surface area contributed by atoms with E-state index in [4.69, 9.17) is 10.5 Å². The van der Waals surface area contributed by atoms with Crippen LogP contribution >= 0.6 is 0 Å². The van der Waals surface area contributed by atoms with Crippen molar-refractivity contribution in [2.75, 3.05) is 20.2 Å². The number of phenols is 1. The average molecular weight is 292 g/mol. The molecule has 21 heavy (non-hydrogen) atoms. The van der Waals surface area contributed by atoms with Gasteiger partial charge in [-0.15, -0.1) is 0 Å². The highest BCUT2D eigenvalue weighted by Gasteiger charge is 2.27.